The Morgan fingerprint density at radius 1 is 1.00 bits per heavy atom. The minimum absolute atomic E-state index is 0.0791. The number of carbonyl (C=O) groups excluding carboxylic acids is 1. The van der Waals surface area contributed by atoms with Crippen molar-refractivity contribution in [3.8, 4) is 6.07 Å². The Hall–Kier alpha value is -2.35. The molecule has 124 valence electrons. The molecule has 5 heteroatoms. The molecule has 0 N–H and O–H groups in total. The Morgan fingerprint density at radius 2 is 1.67 bits per heavy atom. The monoisotopic (exact) mass is 331 g/mol. The third-order valence-corrected chi connectivity index (χ3v) is 4.65. The molecule has 0 saturated heterocycles. The molecule has 2 aliphatic carbocycles. The molecule has 0 atom stereocenters. The van der Waals surface area contributed by atoms with Crippen molar-refractivity contribution >= 4 is 11.4 Å². The van der Waals surface area contributed by atoms with E-state index in [-0.39, 0.29) is 17.8 Å². The molecule has 0 heterocycles. The second-order valence-electron chi connectivity index (χ2n) is 6.18. The first-order valence-corrected chi connectivity index (χ1v) is 7.98. The quantitative estimate of drug-likeness (QED) is 0.708. The summed E-state index contributed by atoms with van der Waals surface area (Å²) in [5, 5.41) is 9.41. The second-order valence-corrected chi connectivity index (χ2v) is 6.18. The van der Waals surface area contributed by atoms with Crippen LogP contribution < -0.4 is 0 Å². The Bertz CT molecular complexity index is 776. The summed E-state index contributed by atoms with van der Waals surface area (Å²) in [6.07, 6.45) is 0.490. The number of ketones is 1. The van der Waals surface area contributed by atoms with Gasteiger partial charge in [-0.2, -0.15) is 18.4 Å². The Balaban J connectivity index is 2.12. The zero-order valence-corrected chi connectivity index (χ0v) is 13.0. The van der Waals surface area contributed by atoms with Crippen LogP contribution in [0.25, 0.3) is 5.57 Å². The number of halogens is 3. The van der Waals surface area contributed by atoms with Crippen molar-refractivity contribution in [2.45, 2.75) is 44.7 Å². The lowest BCUT2D eigenvalue weighted by Crippen LogP contribution is -2.14. The summed E-state index contributed by atoms with van der Waals surface area (Å²) in [5.74, 6) is -0.229. The summed E-state index contributed by atoms with van der Waals surface area (Å²) in [6, 6.07) is 6.72. The predicted molar refractivity (Wildman–Crippen MR) is 83.7 cm³/mol. The predicted octanol–water partition coefficient (Wildman–Crippen LogP) is 5.22. The minimum atomic E-state index is -4.40. The van der Waals surface area contributed by atoms with Crippen molar-refractivity contribution in [1.82, 2.24) is 0 Å². The first-order chi connectivity index (χ1) is 11.4. The maximum absolute atomic E-state index is 12.8. The van der Waals surface area contributed by atoms with Crippen LogP contribution in [0.15, 0.2) is 41.0 Å². The Labute approximate surface area is 138 Å². The van der Waals surface area contributed by atoms with Crippen molar-refractivity contribution in [1.29, 1.82) is 5.26 Å². The summed E-state index contributed by atoms with van der Waals surface area (Å²) < 4.78 is 38.3. The molecule has 0 spiro atoms. The highest BCUT2D eigenvalue weighted by molar-refractivity contribution is 6.12. The van der Waals surface area contributed by atoms with Crippen LogP contribution >= 0.6 is 0 Å². The van der Waals surface area contributed by atoms with Gasteiger partial charge in [-0.3, -0.25) is 4.79 Å². The average molecular weight is 331 g/mol. The standard InChI is InChI=1S/C19H16F3NO/c20-19(21,22)14-8-6-12(7-9-14)18-15-5-3-1-2-4-13(15)10-17(24)16(18)11-23/h6-9H,1-5,10H2. The van der Waals surface area contributed by atoms with Gasteiger partial charge in [-0.05, 0) is 49.0 Å². The number of Topliss-reactive ketones (excluding diaryl/α,β-unsaturated/α-hetero) is 1. The molecule has 0 saturated carbocycles. The van der Waals surface area contributed by atoms with E-state index in [4.69, 9.17) is 0 Å². The van der Waals surface area contributed by atoms with E-state index >= 15 is 0 Å². The number of allylic oxidation sites excluding steroid dienone is 4. The lowest BCUT2D eigenvalue weighted by molar-refractivity contribution is -0.137. The van der Waals surface area contributed by atoms with Gasteiger partial charge < -0.3 is 0 Å². The van der Waals surface area contributed by atoms with Gasteiger partial charge in [-0.25, -0.2) is 0 Å². The average Bonchev–Trinajstić information content (AvgIpc) is 2.78. The minimum Gasteiger partial charge on any atom is -0.293 e. The number of benzene rings is 1. The molecular weight excluding hydrogens is 315 g/mol. The van der Waals surface area contributed by atoms with Crippen LogP contribution in [0.3, 0.4) is 0 Å². The Morgan fingerprint density at radius 3 is 2.29 bits per heavy atom. The zero-order valence-electron chi connectivity index (χ0n) is 13.0. The summed E-state index contributed by atoms with van der Waals surface area (Å²) in [7, 11) is 0. The van der Waals surface area contributed by atoms with Gasteiger partial charge in [0.25, 0.3) is 0 Å². The van der Waals surface area contributed by atoms with E-state index < -0.39 is 11.7 Å². The molecule has 3 rings (SSSR count). The maximum Gasteiger partial charge on any atom is 0.416 e. The third kappa shape index (κ3) is 3.01. The lowest BCUT2D eigenvalue weighted by atomic mass is 9.80. The lowest BCUT2D eigenvalue weighted by Gasteiger charge is -2.22. The molecule has 1 aromatic carbocycles. The third-order valence-electron chi connectivity index (χ3n) is 4.65. The van der Waals surface area contributed by atoms with E-state index in [0.29, 0.717) is 11.1 Å². The normalized spacial score (nSPS) is 19.0. The molecule has 0 aromatic heterocycles. The van der Waals surface area contributed by atoms with Crippen molar-refractivity contribution in [2.24, 2.45) is 0 Å². The number of hydrogen-bond donors (Lipinski definition) is 0. The molecule has 0 fully saturated rings. The van der Waals surface area contributed by atoms with E-state index in [1.165, 1.54) is 12.1 Å². The van der Waals surface area contributed by atoms with Gasteiger partial charge >= 0.3 is 6.18 Å². The number of nitriles is 1. The Kier molecular flexibility index (Phi) is 4.31. The van der Waals surface area contributed by atoms with E-state index in [2.05, 4.69) is 0 Å². The van der Waals surface area contributed by atoms with Crippen molar-refractivity contribution < 1.29 is 18.0 Å². The van der Waals surface area contributed by atoms with Gasteiger partial charge in [-0.15, -0.1) is 0 Å². The molecule has 2 aliphatic rings. The maximum atomic E-state index is 12.8. The highest BCUT2D eigenvalue weighted by atomic mass is 19.4. The van der Waals surface area contributed by atoms with E-state index in [9.17, 15) is 23.2 Å². The first kappa shape index (κ1) is 16.5. The fourth-order valence-corrected chi connectivity index (χ4v) is 3.48. The van der Waals surface area contributed by atoms with Gasteiger partial charge in [0.15, 0.2) is 5.78 Å². The fraction of sp³-hybridized carbons (Fsp3) is 0.368. The molecule has 0 radical (unpaired) electrons. The van der Waals surface area contributed by atoms with Gasteiger partial charge in [-0.1, -0.05) is 24.1 Å². The number of carbonyl (C=O) groups is 1. The molecule has 1 aromatic rings. The van der Waals surface area contributed by atoms with Gasteiger partial charge in [0.05, 0.1) is 5.56 Å². The van der Waals surface area contributed by atoms with Gasteiger partial charge in [0.1, 0.15) is 11.6 Å². The molecule has 0 aliphatic heterocycles. The molecule has 0 bridgehead atoms. The van der Waals surface area contributed by atoms with Crippen LogP contribution in [0, 0.1) is 11.3 Å². The SMILES string of the molecule is N#CC1=C(c2ccc(C(F)(F)F)cc2)C2=C(CCCCC2)CC1=O. The number of alkyl halides is 3. The van der Waals surface area contributed by atoms with Crippen LogP contribution in [-0.4, -0.2) is 5.78 Å². The summed E-state index contributed by atoms with van der Waals surface area (Å²) in [5.41, 5.74) is 2.44. The van der Waals surface area contributed by atoms with Crippen molar-refractivity contribution in [2.75, 3.05) is 0 Å². The largest absolute Gasteiger partial charge is 0.416 e. The zero-order chi connectivity index (χ0) is 17.3. The molecule has 24 heavy (non-hydrogen) atoms. The highest BCUT2D eigenvalue weighted by Gasteiger charge is 2.32. The number of hydrogen-bond acceptors (Lipinski definition) is 2. The summed E-state index contributed by atoms with van der Waals surface area (Å²) in [4.78, 5) is 12.3. The highest BCUT2D eigenvalue weighted by Crippen LogP contribution is 2.42. The van der Waals surface area contributed by atoms with Gasteiger partial charge in [0.2, 0.25) is 0 Å². The van der Waals surface area contributed by atoms with Gasteiger partial charge in [0, 0.05) is 12.0 Å². The molecular formula is C19H16F3NO. The van der Waals surface area contributed by atoms with E-state index in [1.54, 1.807) is 0 Å². The fourth-order valence-electron chi connectivity index (χ4n) is 3.48. The number of rotatable bonds is 1. The molecule has 2 nitrogen and oxygen atoms in total. The molecule has 0 unspecified atom stereocenters. The first-order valence-electron chi connectivity index (χ1n) is 7.98. The molecule has 0 amide bonds. The van der Waals surface area contributed by atoms with Crippen LogP contribution in [0.4, 0.5) is 13.2 Å². The summed E-state index contributed by atoms with van der Waals surface area (Å²) >= 11 is 0. The van der Waals surface area contributed by atoms with Crippen LogP contribution in [0.5, 0.6) is 0 Å². The number of nitrogens with zero attached hydrogens (tertiary/aromatic N) is 1. The van der Waals surface area contributed by atoms with Crippen LogP contribution in [0.2, 0.25) is 0 Å². The second kappa shape index (κ2) is 6.27. The van der Waals surface area contributed by atoms with Crippen molar-refractivity contribution in [3.05, 3.63) is 52.1 Å². The van der Waals surface area contributed by atoms with Crippen LogP contribution in [-0.2, 0) is 11.0 Å². The topological polar surface area (TPSA) is 40.9 Å². The smallest absolute Gasteiger partial charge is 0.293 e. The van der Waals surface area contributed by atoms with E-state index in [0.717, 1.165) is 55.4 Å². The van der Waals surface area contributed by atoms with E-state index in [1.807, 2.05) is 6.07 Å². The summed E-state index contributed by atoms with van der Waals surface area (Å²) in [6.45, 7) is 0. The van der Waals surface area contributed by atoms with Crippen LogP contribution in [0.1, 0.15) is 49.7 Å². The van der Waals surface area contributed by atoms with Crippen molar-refractivity contribution in [3.63, 3.8) is 0 Å².